The molecule has 1 fully saturated rings. The van der Waals surface area contributed by atoms with Gasteiger partial charge in [-0.25, -0.2) is 4.98 Å². The zero-order valence-electron chi connectivity index (χ0n) is 17.0. The molecule has 0 bridgehead atoms. The molecule has 2 aromatic rings. The van der Waals surface area contributed by atoms with E-state index in [1.165, 1.54) is 43.5 Å². The minimum Gasteiger partial charge on any atom is -0.355 e. The number of halogens is 1. The summed E-state index contributed by atoms with van der Waals surface area (Å²) in [6.45, 7) is 8.13. The van der Waals surface area contributed by atoms with Crippen LogP contribution in [0.1, 0.15) is 36.2 Å². The highest BCUT2D eigenvalue weighted by Crippen LogP contribution is 2.09. The summed E-state index contributed by atoms with van der Waals surface area (Å²) in [6, 6.07) is 8.67. The normalized spacial score (nSPS) is 15.1. The zero-order valence-corrected chi connectivity index (χ0v) is 19.4. The number of nitrogens with zero attached hydrogens (tertiary/aromatic N) is 4. The first-order valence-corrected chi connectivity index (χ1v) is 9.97. The number of guanidine groups is 1. The Bertz CT molecular complexity index is 736. The standard InChI is InChI=1S/C21H32N6.HI/c1-18-23-10-14-27(18)17-20-8-6-7-19(15-20)16-25-21(22-2)24-9-13-26-11-4-3-5-12-26;/h6-8,10,14-15H,3-5,9,11-13,16-17H2,1-2H3,(H2,22,24,25);1H. The van der Waals surface area contributed by atoms with Gasteiger partial charge in [-0.05, 0) is 44.0 Å². The van der Waals surface area contributed by atoms with Crippen molar-refractivity contribution in [3.63, 3.8) is 0 Å². The summed E-state index contributed by atoms with van der Waals surface area (Å²) in [5.41, 5.74) is 2.53. The van der Waals surface area contributed by atoms with Crippen LogP contribution in [0, 0.1) is 6.92 Å². The van der Waals surface area contributed by atoms with Crippen molar-refractivity contribution < 1.29 is 0 Å². The molecule has 3 rings (SSSR count). The van der Waals surface area contributed by atoms with Gasteiger partial charge in [-0.3, -0.25) is 4.99 Å². The first-order valence-electron chi connectivity index (χ1n) is 9.97. The Labute approximate surface area is 185 Å². The minimum absolute atomic E-state index is 0. The van der Waals surface area contributed by atoms with Gasteiger partial charge in [0.15, 0.2) is 5.96 Å². The number of aliphatic imine (C=N–C) groups is 1. The number of piperidine rings is 1. The Balaban J connectivity index is 0.00000280. The van der Waals surface area contributed by atoms with Crippen LogP contribution in [0.5, 0.6) is 0 Å². The largest absolute Gasteiger partial charge is 0.355 e. The van der Waals surface area contributed by atoms with E-state index in [0.717, 1.165) is 38.0 Å². The van der Waals surface area contributed by atoms with E-state index in [1.807, 2.05) is 26.4 Å². The van der Waals surface area contributed by atoms with E-state index < -0.39 is 0 Å². The Morgan fingerprint density at radius 3 is 2.64 bits per heavy atom. The molecule has 154 valence electrons. The van der Waals surface area contributed by atoms with E-state index in [4.69, 9.17) is 0 Å². The number of aromatic nitrogens is 2. The third kappa shape index (κ3) is 7.09. The third-order valence-corrected chi connectivity index (χ3v) is 5.12. The summed E-state index contributed by atoms with van der Waals surface area (Å²) >= 11 is 0. The SMILES string of the molecule is CN=C(NCCN1CCCCC1)NCc1cccc(Cn2ccnc2C)c1.I. The summed E-state index contributed by atoms with van der Waals surface area (Å²) in [5.74, 6) is 1.90. The number of imidazole rings is 1. The lowest BCUT2D eigenvalue weighted by Crippen LogP contribution is -2.42. The predicted octanol–water partition coefficient (Wildman–Crippen LogP) is 3.01. The molecular formula is C21H33IN6. The maximum atomic E-state index is 4.34. The highest BCUT2D eigenvalue weighted by atomic mass is 127. The van der Waals surface area contributed by atoms with Crippen molar-refractivity contribution in [1.29, 1.82) is 0 Å². The third-order valence-electron chi connectivity index (χ3n) is 5.12. The van der Waals surface area contributed by atoms with Gasteiger partial charge in [0, 0.05) is 45.6 Å². The summed E-state index contributed by atoms with van der Waals surface area (Å²) in [6.07, 6.45) is 7.92. The van der Waals surface area contributed by atoms with Gasteiger partial charge < -0.3 is 20.1 Å². The number of benzene rings is 1. The lowest BCUT2D eigenvalue weighted by atomic mass is 10.1. The molecule has 0 saturated carbocycles. The fraction of sp³-hybridized carbons (Fsp3) is 0.524. The fourth-order valence-corrected chi connectivity index (χ4v) is 3.53. The molecule has 2 N–H and O–H groups in total. The molecule has 0 spiro atoms. The van der Waals surface area contributed by atoms with Gasteiger partial charge in [0.1, 0.15) is 5.82 Å². The van der Waals surface area contributed by atoms with E-state index in [0.29, 0.717) is 0 Å². The Kier molecular flexibility index (Phi) is 9.77. The topological polar surface area (TPSA) is 57.5 Å². The molecule has 1 aliphatic heterocycles. The van der Waals surface area contributed by atoms with Crippen LogP contribution in [0.15, 0.2) is 41.7 Å². The molecule has 6 nitrogen and oxygen atoms in total. The molecule has 2 heterocycles. The smallest absolute Gasteiger partial charge is 0.191 e. The van der Waals surface area contributed by atoms with E-state index in [1.54, 1.807) is 0 Å². The Hall–Kier alpha value is -1.61. The second kappa shape index (κ2) is 12.1. The number of hydrogen-bond acceptors (Lipinski definition) is 3. The molecule has 1 saturated heterocycles. The second-order valence-electron chi connectivity index (χ2n) is 7.18. The summed E-state index contributed by atoms with van der Waals surface area (Å²) in [5, 5.41) is 6.85. The zero-order chi connectivity index (χ0) is 18.9. The van der Waals surface area contributed by atoms with Gasteiger partial charge in [-0.15, -0.1) is 24.0 Å². The number of hydrogen-bond donors (Lipinski definition) is 2. The molecule has 7 heteroatoms. The van der Waals surface area contributed by atoms with Crippen LogP contribution in [0.4, 0.5) is 0 Å². The van der Waals surface area contributed by atoms with Gasteiger partial charge in [0.2, 0.25) is 0 Å². The summed E-state index contributed by atoms with van der Waals surface area (Å²) in [4.78, 5) is 11.2. The highest BCUT2D eigenvalue weighted by Gasteiger charge is 2.09. The molecule has 0 atom stereocenters. The number of aryl methyl sites for hydroxylation is 1. The van der Waals surface area contributed by atoms with Crippen LogP contribution < -0.4 is 10.6 Å². The van der Waals surface area contributed by atoms with E-state index in [-0.39, 0.29) is 24.0 Å². The van der Waals surface area contributed by atoms with E-state index >= 15 is 0 Å². The van der Waals surface area contributed by atoms with Crippen LogP contribution in [0.25, 0.3) is 0 Å². The number of likely N-dealkylation sites (tertiary alicyclic amines) is 1. The molecule has 1 aliphatic rings. The Morgan fingerprint density at radius 2 is 1.93 bits per heavy atom. The number of nitrogens with one attached hydrogen (secondary N) is 2. The first kappa shape index (κ1) is 22.7. The van der Waals surface area contributed by atoms with Gasteiger partial charge in [-0.1, -0.05) is 30.7 Å². The molecule has 28 heavy (non-hydrogen) atoms. The first-order chi connectivity index (χ1) is 13.2. The average molecular weight is 496 g/mol. The van der Waals surface area contributed by atoms with Crippen molar-refractivity contribution in [2.75, 3.05) is 33.2 Å². The predicted molar refractivity (Wildman–Crippen MR) is 126 cm³/mol. The lowest BCUT2D eigenvalue weighted by Gasteiger charge is -2.26. The summed E-state index contributed by atoms with van der Waals surface area (Å²) < 4.78 is 2.16. The van der Waals surface area contributed by atoms with Crippen molar-refractivity contribution in [2.24, 2.45) is 4.99 Å². The van der Waals surface area contributed by atoms with Crippen molar-refractivity contribution in [2.45, 2.75) is 39.3 Å². The minimum atomic E-state index is 0. The van der Waals surface area contributed by atoms with Gasteiger partial charge in [-0.2, -0.15) is 0 Å². The molecule has 0 aliphatic carbocycles. The van der Waals surface area contributed by atoms with Gasteiger partial charge in [0.25, 0.3) is 0 Å². The maximum absolute atomic E-state index is 4.34. The van der Waals surface area contributed by atoms with Crippen LogP contribution in [-0.2, 0) is 13.1 Å². The summed E-state index contributed by atoms with van der Waals surface area (Å²) in [7, 11) is 1.83. The average Bonchev–Trinajstić information content (AvgIpc) is 3.10. The van der Waals surface area contributed by atoms with Crippen LogP contribution >= 0.6 is 24.0 Å². The number of rotatable bonds is 7. The maximum Gasteiger partial charge on any atom is 0.191 e. The molecule has 0 amide bonds. The highest BCUT2D eigenvalue weighted by molar-refractivity contribution is 14.0. The van der Waals surface area contributed by atoms with Crippen LogP contribution in [0.2, 0.25) is 0 Å². The molecule has 0 unspecified atom stereocenters. The van der Waals surface area contributed by atoms with Gasteiger partial charge in [0.05, 0.1) is 0 Å². The quantitative estimate of drug-likeness (QED) is 0.352. The van der Waals surface area contributed by atoms with Crippen molar-refractivity contribution in [1.82, 2.24) is 25.1 Å². The Morgan fingerprint density at radius 1 is 1.14 bits per heavy atom. The van der Waals surface area contributed by atoms with Crippen molar-refractivity contribution in [3.05, 3.63) is 53.6 Å². The fourth-order valence-electron chi connectivity index (χ4n) is 3.53. The van der Waals surface area contributed by atoms with E-state index in [9.17, 15) is 0 Å². The monoisotopic (exact) mass is 496 g/mol. The molecule has 0 radical (unpaired) electrons. The van der Waals surface area contributed by atoms with Crippen LogP contribution in [0.3, 0.4) is 0 Å². The molecule has 1 aromatic heterocycles. The van der Waals surface area contributed by atoms with Crippen molar-refractivity contribution >= 4 is 29.9 Å². The van der Waals surface area contributed by atoms with Crippen molar-refractivity contribution in [3.8, 4) is 0 Å². The molecular weight excluding hydrogens is 463 g/mol. The van der Waals surface area contributed by atoms with Gasteiger partial charge >= 0.3 is 0 Å². The second-order valence-corrected chi connectivity index (χ2v) is 7.18. The molecule has 1 aromatic carbocycles. The lowest BCUT2D eigenvalue weighted by molar-refractivity contribution is 0.232. The van der Waals surface area contributed by atoms with Crippen LogP contribution in [-0.4, -0.2) is 53.6 Å². The van der Waals surface area contributed by atoms with E-state index in [2.05, 4.69) is 54.3 Å².